The second-order valence-corrected chi connectivity index (χ2v) is 6.51. The molecule has 104 valence electrons. The monoisotopic (exact) mass is 325 g/mol. The largest absolute Gasteiger partial charge is 0.325 e. The standard InChI is InChI=1S/C15H13Cl2NOS/c1-10(20-14-5-3-2-4-6-14)15(19)18-13-8-11(16)7-12(17)9-13/h2-10H,1H3,(H,18,19)/t10-/m0/s1. The molecule has 20 heavy (non-hydrogen) atoms. The number of carbonyl (C=O) groups excluding carboxylic acids is 1. The van der Waals surface area contributed by atoms with Crippen LogP contribution in [0.25, 0.3) is 0 Å². The third-order valence-corrected chi connectivity index (χ3v) is 4.10. The minimum absolute atomic E-state index is 0.0859. The van der Waals surface area contributed by atoms with Crippen molar-refractivity contribution in [1.29, 1.82) is 0 Å². The molecule has 0 aromatic heterocycles. The number of nitrogens with one attached hydrogen (secondary N) is 1. The Morgan fingerprint density at radius 2 is 1.70 bits per heavy atom. The van der Waals surface area contributed by atoms with Crippen molar-refractivity contribution < 1.29 is 4.79 Å². The van der Waals surface area contributed by atoms with Gasteiger partial charge in [-0.15, -0.1) is 11.8 Å². The maximum Gasteiger partial charge on any atom is 0.237 e. The lowest BCUT2D eigenvalue weighted by Crippen LogP contribution is -2.22. The first-order valence-electron chi connectivity index (χ1n) is 6.03. The molecule has 2 aromatic rings. The number of carbonyl (C=O) groups is 1. The Morgan fingerprint density at radius 3 is 2.30 bits per heavy atom. The van der Waals surface area contributed by atoms with Crippen LogP contribution in [0.1, 0.15) is 6.92 Å². The summed E-state index contributed by atoms with van der Waals surface area (Å²) in [4.78, 5) is 13.2. The summed E-state index contributed by atoms with van der Waals surface area (Å²) in [6.45, 7) is 1.86. The molecule has 0 aliphatic rings. The van der Waals surface area contributed by atoms with E-state index in [0.29, 0.717) is 15.7 Å². The molecule has 5 heteroatoms. The molecule has 0 unspecified atom stereocenters. The first kappa shape index (κ1) is 15.2. The maximum absolute atomic E-state index is 12.1. The lowest BCUT2D eigenvalue weighted by Gasteiger charge is -2.12. The number of hydrogen-bond acceptors (Lipinski definition) is 2. The van der Waals surface area contributed by atoms with Gasteiger partial charge in [0.1, 0.15) is 0 Å². The fourth-order valence-electron chi connectivity index (χ4n) is 1.63. The quantitative estimate of drug-likeness (QED) is 0.791. The second-order valence-electron chi connectivity index (χ2n) is 4.22. The molecular weight excluding hydrogens is 313 g/mol. The highest BCUT2D eigenvalue weighted by molar-refractivity contribution is 8.00. The molecule has 1 N–H and O–H groups in total. The molecule has 0 saturated heterocycles. The molecule has 0 fully saturated rings. The van der Waals surface area contributed by atoms with Gasteiger partial charge < -0.3 is 5.32 Å². The SMILES string of the molecule is C[C@H](Sc1ccccc1)C(=O)Nc1cc(Cl)cc(Cl)c1. The molecule has 0 spiro atoms. The van der Waals surface area contributed by atoms with E-state index in [1.807, 2.05) is 37.3 Å². The van der Waals surface area contributed by atoms with Crippen molar-refractivity contribution >= 4 is 46.6 Å². The number of benzene rings is 2. The molecule has 2 nitrogen and oxygen atoms in total. The van der Waals surface area contributed by atoms with E-state index in [2.05, 4.69) is 5.32 Å². The van der Waals surface area contributed by atoms with E-state index in [9.17, 15) is 4.79 Å². The van der Waals surface area contributed by atoms with Gasteiger partial charge in [0.15, 0.2) is 0 Å². The predicted molar refractivity (Wildman–Crippen MR) is 86.9 cm³/mol. The average molecular weight is 326 g/mol. The van der Waals surface area contributed by atoms with Crippen LogP contribution in [0, 0.1) is 0 Å². The zero-order valence-electron chi connectivity index (χ0n) is 10.8. The van der Waals surface area contributed by atoms with Crippen molar-refractivity contribution in [2.75, 3.05) is 5.32 Å². The summed E-state index contributed by atoms with van der Waals surface area (Å²) in [7, 11) is 0. The van der Waals surface area contributed by atoms with E-state index in [-0.39, 0.29) is 11.2 Å². The van der Waals surface area contributed by atoms with Gasteiger partial charge in [0.05, 0.1) is 5.25 Å². The average Bonchev–Trinajstić information content (AvgIpc) is 2.38. The van der Waals surface area contributed by atoms with Crippen LogP contribution in [0.3, 0.4) is 0 Å². The van der Waals surface area contributed by atoms with Crippen molar-refractivity contribution in [3.63, 3.8) is 0 Å². The molecule has 0 aliphatic heterocycles. The van der Waals surface area contributed by atoms with Crippen molar-refractivity contribution in [3.05, 3.63) is 58.6 Å². The molecule has 0 radical (unpaired) electrons. The molecule has 1 amide bonds. The van der Waals surface area contributed by atoms with Gasteiger partial charge in [-0.05, 0) is 37.3 Å². The maximum atomic E-state index is 12.1. The Kier molecular flexibility index (Phi) is 5.35. The number of rotatable bonds is 4. The molecule has 0 saturated carbocycles. The van der Waals surface area contributed by atoms with Gasteiger partial charge in [0, 0.05) is 20.6 Å². The van der Waals surface area contributed by atoms with Gasteiger partial charge in [-0.3, -0.25) is 4.79 Å². The van der Waals surface area contributed by atoms with Crippen LogP contribution >= 0.6 is 35.0 Å². The summed E-state index contributed by atoms with van der Waals surface area (Å²) in [5.74, 6) is -0.0859. The molecular formula is C15H13Cl2NOS. The van der Waals surface area contributed by atoms with Crippen molar-refractivity contribution in [2.45, 2.75) is 17.1 Å². The molecule has 1 atom stereocenters. The lowest BCUT2D eigenvalue weighted by molar-refractivity contribution is -0.115. The number of hydrogen-bond donors (Lipinski definition) is 1. The number of halogens is 2. The summed E-state index contributed by atoms with van der Waals surface area (Å²) in [5.41, 5.74) is 0.605. The lowest BCUT2D eigenvalue weighted by atomic mass is 10.3. The van der Waals surface area contributed by atoms with Gasteiger partial charge >= 0.3 is 0 Å². The van der Waals surface area contributed by atoms with Crippen LogP contribution in [0.2, 0.25) is 10.0 Å². The van der Waals surface area contributed by atoms with E-state index in [4.69, 9.17) is 23.2 Å². The highest BCUT2D eigenvalue weighted by Gasteiger charge is 2.14. The van der Waals surface area contributed by atoms with E-state index >= 15 is 0 Å². The van der Waals surface area contributed by atoms with E-state index < -0.39 is 0 Å². The number of thioether (sulfide) groups is 1. The van der Waals surface area contributed by atoms with Crippen molar-refractivity contribution in [2.24, 2.45) is 0 Å². The smallest absolute Gasteiger partial charge is 0.237 e. The second kappa shape index (κ2) is 7.02. The predicted octanol–water partition coefficient (Wildman–Crippen LogP) is 5.11. The highest BCUT2D eigenvalue weighted by Crippen LogP contribution is 2.26. The Morgan fingerprint density at radius 1 is 1.10 bits per heavy atom. The van der Waals surface area contributed by atoms with Gasteiger partial charge in [-0.25, -0.2) is 0 Å². The van der Waals surface area contributed by atoms with Crippen LogP contribution in [0.5, 0.6) is 0 Å². The van der Waals surface area contributed by atoms with Gasteiger partial charge in [-0.1, -0.05) is 41.4 Å². The first-order chi connectivity index (χ1) is 9.54. The van der Waals surface area contributed by atoms with Crippen molar-refractivity contribution in [1.82, 2.24) is 0 Å². The van der Waals surface area contributed by atoms with Gasteiger partial charge in [-0.2, -0.15) is 0 Å². The van der Waals surface area contributed by atoms with Crippen LogP contribution in [-0.4, -0.2) is 11.2 Å². The zero-order chi connectivity index (χ0) is 14.5. The van der Waals surface area contributed by atoms with Crippen LogP contribution in [-0.2, 0) is 4.79 Å². The summed E-state index contributed by atoms with van der Waals surface area (Å²) >= 11 is 13.3. The van der Waals surface area contributed by atoms with Crippen LogP contribution < -0.4 is 5.32 Å². The third-order valence-electron chi connectivity index (χ3n) is 2.56. The summed E-state index contributed by atoms with van der Waals surface area (Å²) in [6.07, 6.45) is 0. The van der Waals surface area contributed by atoms with Crippen LogP contribution in [0.4, 0.5) is 5.69 Å². The molecule has 0 aliphatic carbocycles. The molecule has 0 heterocycles. The number of anilines is 1. The third kappa shape index (κ3) is 4.44. The summed E-state index contributed by atoms with van der Waals surface area (Å²) < 4.78 is 0. The normalized spacial score (nSPS) is 11.9. The fourth-order valence-corrected chi connectivity index (χ4v) is 3.04. The molecule has 2 rings (SSSR count). The van der Waals surface area contributed by atoms with E-state index in [0.717, 1.165) is 4.90 Å². The summed E-state index contributed by atoms with van der Waals surface area (Å²) in [5, 5.41) is 3.60. The topological polar surface area (TPSA) is 29.1 Å². The Bertz CT molecular complexity index is 584. The van der Waals surface area contributed by atoms with Gasteiger partial charge in [0.2, 0.25) is 5.91 Å². The minimum atomic E-state index is -0.213. The van der Waals surface area contributed by atoms with Crippen LogP contribution in [0.15, 0.2) is 53.4 Å². The fraction of sp³-hybridized carbons (Fsp3) is 0.133. The number of amides is 1. The Labute approximate surface area is 132 Å². The Hall–Kier alpha value is -1.16. The minimum Gasteiger partial charge on any atom is -0.325 e. The van der Waals surface area contributed by atoms with E-state index in [1.54, 1.807) is 18.2 Å². The molecule has 0 bridgehead atoms. The Balaban J connectivity index is 2.00. The zero-order valence-corrected chi connectivity index (χ0v) is 13.1. The molecule has 2 aromatic carbocycles. The summed E-state index contributed by atoms with van der Waals surface area (Å²) in [6, 6.07) is 14.8. The van der Waals surface area contributed by atoms with E-state index in [1.165, 1.54) is 11.8 Å². The van der Waals surface area contributed by atoms with Crippen molar-refractivity contribution in [3.8, 4) is 0 Å². The highest BCUT2D eigenvalue weighted by atomic mass is 35.5. The first-order valence-corrected chi connectivity index (χ1v) is 7.67. The van der Waals surface area contributed by atoms with Gasteiger partial charge in [0.25, 0.3) is 0 Å².